The number of carbonyl (C=O) groups is 1. The van der Waals surface area contributed by atoms with Gasteiger partial charge in [-0.3, -0.25) is 9.89 Å². The van der Waals surface area contributed by atoms with Crippen LogP contribution in [0.5, 0.6) is 0 Å². The predicted molar refractivity (Wildman–Crippen MR) is 127 cm³/mol. The number of nitrogens with one attached hydrogen (secondary N) is 2. The molecule has 1 aromatic heterocycles. The van der Waals surface area contributed by atoms with E-state index < -0.39 is 5.91 Å². The van der Waals surface area contributed by atoms with Gasteiger partial charge in [0.15, 0.2) is 5.82 Å². The monoisotopic (exact) mass is 451 g/mol. The van der Waals surface area contributed by atoms with Gasteiger partial charge in [0.2, 0.25) is 0 Å². The first-order valence-electron chi connectivity index (χ1n) is 11.1. The minimum absolute atomic E-state index is 0.294. The summed E-state index contributed by atoms with van der Waals surface area (Å²) in [4.78, 5) is 14.2. The summed E-state index contributed by atoms with van der Waals surface area (Å²) in [5.41, 5.74) is 12.6. The fourth-order valence-corrected chi connectivity index (χ4v) is 4.24. The van der Waals surface area contributed by atoms with E-state index in [1.165, 1.54) is 22.8 Å². The van der Waals surface area contributed by atoms with Gasteiger partial charge in [-0.1, -0.05) is 18.2 Å². The Hall–Kier alpha value is -3.39. The summed E-state index contributed by atoms with van der Waals surface area (Å²) >= 11 is 0. The zero-order valence-electron chi connectivity index (χ0n) is 19.3. The van der Waals surface area contributed by atoms with Crippen molar-refractivity contribution >= 4 is 17.4 Å². The predicted octanol–water partition coefficient (Wildman–Crippen LogP) is 3.61. The number of ether oxygens (including phenoxy) is 1. The van der Waals surface area contributed by atoms with Crippen molar-refractivity contribution in [2.45, 2.75) is 33.7 Å². The maximum Gasteiger partial charge on any atom is 0.254 e. The number of anilines is 2. The number of carbonyl (C=O) groups excluding carboxylic acids is 1. The molecule has 2 aromatic carbocycles. The number of aromatic amines is 1. The van der Waals surface area contributed by atoms with Gasteiger partial charge in [-0.15, -0.1) is 0 Å². The Kier molecular flexibility index (Phi) is 6.65. The third kappa shape index (κ3) is 5.01. The fourth-order valence-electron chi connectivity index (χ4n) is 4.24. The van der Waals surface area contributed by atoms with Crippen molar-refractivity contribution in [1.29, 1.82) is 0 Å². The zero-order chi connectivity index (χ0) is 23.5. The molecule has 1 fully saturated rings. The van der Waals surface area contributed by atoms with Gasteiger partial charge in [-0.2, -0.15) is 5.10 Å². The summed E-state index contributed by atoms with van der Waals surface area (Å²) in [6.07, 6.45) is 0.315. The number of hydrogen-bond acceptors (Lipinski definition) is 5. The average molecular weight is 452 g/mol. The Morgan fingerprint density at radius 2 is 1.85 bits per heavy atom. The number of amides is 1. The number of benzene rings is 2. The van der Waals surface area contributed by atoms with Crippen LogP contribution >= 0.6 is 0 Å². The zero-order valence-corrected chi connectivity index (χ0v) is 19.3. The molecular formula is C25H30FN5O2. The van der Waals surface area contributed by atoms with Crippen LogP contribution in [0.25, 0.3) is 0 Å². The highest BCUT2D eigenvalue weighted by atomic mass is 19.1. The van der Waals surface area contributed by atoms with Crippen LogP contribution in [-0.4, -0.2) is 42.4 Å². The molecule has 0 spiro atoms. The second-order valence-corrected chi connectivity index (χ2v) is 8.56. The molecule has 1 saturated heterocycles. The van der Waals surface area contributed by atoms with Gasteiger partial charge in [-0.05, 0) is 60.7 Å². The number of H-pyrrole nitrogens is 1. The van der Waals surface area contributed by atoms with Crippen molar-refractivity contribution in [1.82, 2.24) is 10.2 Å². The van der Waals surface area contributed by atoms with Gasteiger partial charge in [-0.25, -0.2) is 4.39 Å². The standard InChI is InChI=1S/C25H30FN5O2/c1-15-10-19(11-16(2)17(15)3)14-28-25-23(24(27)32)21(29-30-25)13-18-4-5-22(20(26)12-18)31-6-8-33-9-7-31/h4-5,10-12H,6-9,13-14H2,1-3H3,(H2,27,32)(H2,28,29,30). The van der Waals surface area contributed by atoms with E-state index in [-0.39, 0.29) is 5.82 Å². The van der Waals surface area contributed by atoms with E-state index in [9.17, 15) is 9.18 Å². The van der Waals surface area contributed by atoms with Gasteiger partial charge in [0.05, 0.1) is 24.6 Å². The molecule has 0 bridgehead atoms. The minimum atomic E-state index is -0.581. The number of primary amides is 1. The fraction of sp³-hybridized carbons (Fsp3) is 0.360. The summed E-state index contributed by atoms with van der Waals surface area (Å²) in [5, 5.41) is 10.4. The first kappa shape index (κ1) is 22.8. The number of aromatic nitrogens is 2. The van der Waals surface area contributed by atoms with E-state index in [2.05, 4.69) is 48.4 Å². The van der Waals surface area contributed by atoms with Crippen LogP contribution in [0.3, 0.4) is 0 Å². The van der Waals surface area contributed by atoms with E-state index >= 15 is 0 Å². The molecule has 4 rings (SSSR count). The third-order valence-electron chi connectivity index (χ3n) is 6.28. The van der Waals surface area contributed by atoms with Gasteiger partial charge >= 0.3 is 0 Å². The number of nitrogens with zero attached hydrogens (tertiary/aromatic N) is 2. The number of halogens is 1. The second kappa shape index (κ2) is 9.62. The minimum Gasteiger partial charge on any atom is -0.378 e. The molecule has 1 amide bonds. The lowest BCUT2D eigenvalue weighted by Gasteiger charge is -2.29. The number of nitrogens with two attached hydrogens (primary N) is 1. The highest BCUT2D eigenvalue weighted by Crippen LogP contribution is 2.25. The first-order chi connectivity index (χ1) is 15.8. The maximum absolute atomic E-state index is 14.8. The Morgan fingerprint density at radius 3 is 2.48 bits per heavy atom. The summed E-state index contributed by atoms with van der Waals surface area (Å²) in [6.45, 7) is 9.28. The molecule has 0 atom stereocenters. The Balaban J connectivity index is 1.51. The number of morpholine rings is 1. The summed E-state index contributed by atoms with van der Waals surface area (Å²) in [7, 11) is 0. The molecule has 7 nitrogen and oxygen atoms in total. The molecule has 174 valence electrons. The Morgan fingerprint density at radius 1 is 1.15 bits per heavy atom. The number of hydrogen-bond donors (Lipinski definition) is 3. The van der Waals surface area contributed by atoms with E-state index in [1.54, 1.807) is 6.07 Å². The quantitative estimate of drug-likeness (QED) is 0.510. The van der Waals surface area contributed by atoms with Crippen molar-refractivity contribution in [3.63, 3.8) is 0 Å². The summed E-state index contributed by atoms with van der Waals surface area (Å²) < 4.78 is 20.1. The van der Waals surface area contributed by atoms with E-state index in [0.29, 0.717) is 62.0 Å². The van der Waals surface area contributed by atoms with Gasteiger partial charge in [0, 0.05) is 26.1 Å². The van der Waals surface area contributed by atoms with Crippen LogP contribution < -0.4 is 16.0 Å². The average Bonchev–Trinajstić information content (AvgIpc) is 3.19. The van der Waals surface area contributed by atoms with Crippen molar-refractivity contribution in [2.75, 3.05) is 36.5 Å². The lowest BCUT2D eigenvalue weighted by atomic mass is 10.0. The van der Waals surface area contributed by atoms with Crippen LogP contribution in [0.4, 0.5) is 15.9 Å². The SMILES string of the molecule is Cc1cc(CNc2n[nH]c(Cc3ccc(N4CCOCC4)c(F)c3)c2C(N)=O)cc(C)c1C. The molecule has 3 aromatic rings. The maximum atomic E-state index is 14.8. The molecule has 0 saturated carbocycles. The normalized spacial score (nSPS) is 13.9. The lowest BCUT2D eigenvalue weighted by Crippen LogP contribution is -2.36. The summed E-state index contributed by atoms with van der Waals surface area (Å²) in [5.74, 6) is -0.472. The van der Waals surface area contributed by atoms with Gasteiger partial charge < -0.3 is 20.7 Å². The van der Waals surface area contributed by atoms with Crippen LogP contribution in [0.2, 0.25) is 0 Å². The van der Waals surface area contributed by atoms with E-state index in [0.717, 1.165) is 11.1 Å². The van der Waals surface area contributed by atoms with Gasteiger partial charge in [0.25, 0.3) is 5.91 Å². The van der Waals surface area contributed by atoms with Crippen molar-refractivity contribution in [3.8, 4) is 0 Å². The highest BCUT2D eigenvalue weighted by Gasteiger charge is 2.20. The molecule has 0 radical (unpaired) electrons. The molecule has 2 heterocycles. The Labute approximate surface area is 193 Å². The van der Waals surface area contributed by atoms with Crippen molar-refractivity contribution in [2.24, 2.45) is 5.73 Å². The van der Waals surface area contributed by atoms with Gasteiger partial charge in [0.1, 0.15) is 11.4 Å². The molecule has 4 N–H and O–H groups in total. The molecule has 1 aliphatic heterocycles. The highest BCUT2D eigenvalue weighted by molar-refractivity contribution is 5.99. The topological polar surface area (TPSA) is 96.3 Å². The van der Waals surface area contributed by atoms with Crippen LogP contribution in [0, 0.1) is 26.6 Å². The van der Waals surface area contributed by atoms with Crippen LogP contribution in [0.15, 0.2) is 30.3 Å². The molecule has 33 heavy (non-hydrogen) atoms. The Bertz CT molecular complexity index is 1140. The number of rotatable bonds is 7. The van der Waals surface area contributed by atoms with Crippen molar-refractivity contribution < 1.29 is 13.9 Å². The van der Waals surface area contributed by atoms with Crippen molar-refractivity contribution in [3.05, 3.63) is 75.2 Å². The first-order valence-corrected chi connectivity index (χ1v) is 11.1. The lowest BCUT2D eigenvalue weighted by molar-refractivity contribution is 0.100. The second-order valence-electron chi connectivity index (χ2n) is 8.56. The summed E-state index contributed by atoms with van der Waals surface area (Å²) in [6, 6.07) is 9.38. The number of aryl methyl sites for hydroxylation is 2. The smallest absolute Gasteiger partial charge is 0.254 e. The molecular weight excluding hydrogens is 421 g/mol. The van der Waals surface area contributed by atoms with E-state index in [1.807, 2.05) is 11.0 Å². The largest absolute Gasteiger partial charge is 0.378 e. The van der Waals surface area contributed by atoms with Crippen LogP contribution in [0.1, 0.15) is 43.9 Å². The molecule has 0 aliphatic carbocycles. The molecule has 0 unspecified atom stereocenters. The van der Waals surface area contributed by atoms with E-state index in [4.69, 9.17) is 10.5 Å². The third-order valence-corrected chi connectivity index (χ3v) is 6.28. The van der Waals surface area contributed by atoms with Crippen LogP contribution in [-0.2, 0) is 17.7 Å². The molecule has 1 aliphatic rings. The molecule has 8 heteroatoms.